The summed E-state index contributed by atoms with van der Waals surface area (Å²) in [6.45, 7) is 2.62. The van der Waals surface area contributed by atoms with Crippen LogP contribution in [0.25, 0.3) is 32.0 Å². The van der Waals surface area contributed by atoms with Crippen LogP contribution in [0.3, 0.4) is 0 Å². The molecule has 0 aliphatic rings. The number of nitrogens with one attached hydrogen (secondary N) is 1. The van der Waals surface area contributed by atoms with Gasteiger partial charge in [-0.1, -0.05) is 6.92 Å². The Morgan fingerprint density at radius 3 is 2.85 bits per heavy atom. The lowest BCUT2D eigenvalue weighted by Crippen LogP contribution is -1.98. The van der Waals surface area contributed by atoms with Crippen LogP contribution in [0, 0.1) is 0 Å². The van der Waals surface area contributed by atoms with Gasteiger partial charge in [-0.15, -0.1) is 11.3 Å². The van der Waals surface area contributed by atoms with E-state index in [-0.39, 0.29) is 5.69 Å². The van der Waals surface area contributed by atoms with E-state index < -0.39 is 5.97 Å². The summed E-state index contributed by atoms with van der Waals surface area (Å²) in [6.07, 6.45) is 5.86. The molecule has 4 aromatic heterocycles. The number of pyridine rings is 2. The van der Waals surface area contributed by atoms with Crippen molar-refractivity contribution in [3.05, 3.63) is 42.5 Å². The van der Waals surface area contributed by atoms with Crippen LogP contribution in [0.4, 0.5) is 0 Å². The second-order valence-corrected chi connectivity index (χ2v) is 6.76. The topological polar surface area (TPSA) is 114 Å². The Morgan fingerprint density at radius 1 is 1.22 bits per heavy atom. The third-order valence-corrected chi connectivity index (χ3v) is 4.93. The smallest absolute Gasteiger partial charge is 0.354 e. The summed E-state index contributed by atoms with van der Waals surface area (Å²) in [5, 5.41) is 18.0. The molecule has 0 aliphatic carbocycles. The van der Waals surface area contributed by atoms with Crippen molar-refractivity contribution in [2.45, 2.75) is 13.3 Å². The fourth-order valence-corrected chi connectivity index (χ4v) is 3.49. The normalized spacial score (nSPS) is 11.0. The predicted molar refractivity (Wildman–Crippen MR) is 101 cm³/mol. The Bertz CT molecular complexity index is 1100. The van der Waals surface area contributed by atoms with E-state index in [1.165, 1.54) is 23.6 Å². The molecule has 27 heavy (non-hydrogen) atoms. The molecule has 0 radical (unpaired) electrons. The van der Waals surface area contributed by atoms with Crippen molar-refractivity contribution < 1.29 is 14.6 Å². The van der Waals surface area contributed by atoms with Crippen molar-refractivity contribution in [2.75, 3.05) is 6.61 Å². The number of aromatic nitrogens is 5. The zero-order valence-corrected chi connectivity index (χ0v) is 15.2. The standard InChI is InChI=1S/C18H15N5O3S/c1-2-7-26-16-15-11(5-6-19-16)14(22-23-15)13-9-21-17(27-13)10-3-4-12(18(24)25)20-8-10/h3-6,8-9H,2,7H2,1H3,(H,22,23)(H,24,25). The van der Waals surface area contributed by atoms with Crippen LogP contribution < -0.4 is 4.74 Å². The molecule has 4 aromatic rings. The number of nitrogens with zero attached hydrogens (tertiary/aromatic N) is 4. The van der Waals surface area contributed by atoms with E-state index in [4.69, 9.17) is 9.84 Å². The van der Waals surface area contributed by atoms with Crippen molar-refractivity contribution in [3.63, 3.8) is 0 Å². The molecular weight excluding hydrogens is 366 g/mol. The van der Waals surface area contributed by atoms with Crippen LogP contribution in [-0.2, 0) is 0 Å². The van der Waals surface area contributed by atoms with Crippen LogP contribution in [-0.4, -0.2) is 42.8 Å². The van der Waals surface area contributed by atoms with Gasteiger partial charge in [0, 0.05) is 29.5 Å². The number of carboxylic acid groups (broad SMARTS) is 1. The predicted octanol–water partition coefficient (Wildman–Crippen LogP) is 3.63. The molecule has 4 rings (SSSR count). The lowest BCUT2D eigenvalue weighted by molar-refractivity contribution is 0.0690. The molecular formula is C18H15N5O3S. The van der Waals surface area contributed by atoms with E-state index in [2.05, 4.69) is 25.1 Å². The number of carbonyl (C=O) groups is 1. The molecule has 0 saturated heterocycles. The molecule has 0 saturated carbocycles. The Labute approximate surface area is 157 Å². The zero-order chi connectivity index (χ0) is 18.8. The molecule has 8 nitrogen and oxygen atoms in total. The van der Waals surface area contributed by atoms with E-state index >= 15 is 0 Å². The lowest BCUT2D eigenvalue weighted by Gasteiger charge is -2.03. The van der Waals surface area contributed by atoms with Crippen LogP contribution in [0.15, 0.2) is 36.8 Å². The Balaban J connectivity index is 1.68. The van der Waals surface area contributed by atoms with E-state index in [9.17, 15) is 4.79 Å². The first-order chi connectivity index (χ1) is 13.2. The number of rotatable bonds is 6. The SMILES string of the molecule is CCCOc1nccc2c(-c3cnc(-c4ccc(C(=O)O)nc4)s3)[nH]nc12. The summed E-state index contributed by atoms with van der Waals surface area (Å²) < 4.78 is 5.66. The number of carboxylic acids is 1. The number of H-pyrrole nitrogens is 1. The molecule has 0 aliphatic heterocycles. The molecule has 136 valence electrons. The molecule has 0 aromatic carbocycles. The van der Waals surface area contributed by atoms with Gasteiger partial charge in [0.05, 0.1) is 17.2 Å². The zero-order valence-electron chi connectivity index (χ0n) is 14.3. The maximum absolute atomic E-state index is 10.9. The molecule has 0 bridgehead atoms. The van der Waals surface area contributed by atoms with E-state index in [1.807, 2.05) is 13.0 Å². The van der Waals surface area contributed by atoms with Gasteiger partial charge in [-0.25, -0.2) is 19.7 Å². The van der Waals surface area contributed by atoms with Gasteiger partial charge in [0.25, 0.3) is 0 Å². The minimum Gasteiger partial charge on any atom is -0.477 e. The average Bonchev–Trinajstić information content (AvgIpc) is 3.33. The number of hydrogen-bond acceptors (Lipinski definition) is 7. The van der Waals surface area contributed by atoms with Gasteiger partial charge in [-0.05, 0) is 24.6 Å². The quantitative estimate of drug-likeness (QED) is 0.524. The minimum atomic E-state index is -1.06. The maximum atomic E-state index is 10.9. The minimum absolute atomic E-state index is 0.00204. The third kappa shape index (κ3) is 3.24. The summed E-state index contributed by atoms with van der Waals surface area (Å²) in [4.78, 5) is 24.5. The first-order valence-electron chi connectivity index (χ1n) is 8.29. The Kier molecular flexibility index (Phi) is 4.51. The Hall–Kier alpha value is -3.33. The van der Waals surface area contributed by atoms with Crippen molar-refractivity contribution in [1.29, 1.82) is 0 Å². The average molecular weight is 381 g/mol. The number of aromatic amines is 1. The molecule has 4 heterocycles. The van der Waals surface area contributed by atoms with Crippen LogP contribution >= 0.6 is 11.3 Å². The van der Waals surface area contributed by atoms with Gasteiger partial charge >= 0.3 is 5.97 Å². The Morgan fingerprint density at radius 2 is 2.11 bits per heavy atom. The first-order valence-corrected chi connectivity index (χ1v) is 9.11. The molecule has 2 N–H and O–H groups in total. The summed E-state index contributed by atoms with van der Waals surface area (Å²) in [6, 6.07) is 5.05. The summed E-state index contributed by atoms with van der Waals surface area (Å²) in [5.41, 5.74) is 2.28. The molecule has 9 heteroatoms. The van der Waals surface area contributed by atoms with Gasteiger partial charge in [-0.2, -0.15) is 5.10 Å². The highest BCUT2D eigenvalue weighted by molar-refractivity contribution is 7.18. The second-order valence-electron chi connectivity index (χ2n) is 5.73. The fraction of sp³-hybridized carbons (Fsp3) is 0.167. The molecule has 0 amide bonds. The van der Waals surface area contributed by atoms with Crippen molar-refractivity contribution in [2.24, 2.45) is 0 Å². The highest BCUT2D eigenvalue weighted by atomic mass is 32.1. The number of thiazole rings is 1. The summed E-state index contributed by atoms with van der Waals surface area (Å²) >= 11 is 1.47. The van der Waals surface area contributed by atoms with E-state index in [0.717, 1.165) is 32.9 Å². The number of hydrogen-bond donors (Lipinski definition) is 2. The van der Waals surface area contributed by atoms with Crippen LogP contribution in [0.2, 0.25) is 0 Å². The number of fused-ring (bicyclic) bond motifs is 1. The van der Waals surface area contributed by atoms with E-state index in [0.29, 0.717) is 18.0 Å². The number of ether oxygens (including phenoxy) is 1. The lowest BCUT2D eigenvalue weighted by atomic mass is 10.2. The monoisotopic (exact) mass is 381 g/mol. The fourth-order valence-electron chi connectivity index (χ4n) is 2.58. The first kappa shape index (κ1) is 17.1. The maximum Gasteiger partial charge on any atom is 0.354 e. The number of aromatic carboxylic acids is 1. The molecule has 0 atom stereocenters. The van der Waals surface area contributed by atoms with Gasteiger partial charge in [0.1, 0.15) is 10.7 Å². The molecule has 0 spiro atoms. The summed E-state index contributed by atoms with van der Waals surface area (Å²) in [5.74, 6) is -0.546. The summed E-state index contributed by atoms with van der Waals surface area (Å²) in [7, 11) is 0. The van der Waals surface area contributed by atoms with Gasteiger partial charge in [-0.3, -0.25) is 5.10 Å². The van der Waals surface area contributed by atoms with Crippen LogP contribution in [0.5, 0.6) is 5.88 Å². The van der Waals surface area contributed by atoms with E-state index in [1.54, 1.807) is 18.5 Å². The molecule has 0 fully saturated rings. The third-order valence-electron chi connectivity index (χ3n) is 3.86. The highest BCUT2D eigenvalue weighted by Gasteiger charge is 2.16. The van der Waals surface area contributed by atoms with Crippen molar-refractivity contribution in [1.82, 2.24) is 25.1 Å². The van der Waals surface area contributed by atoms with Crippen LogP contribution in [0.1, 0.15) is 23.8 Å². The van der Waals surface area contributed by atoms with Crippen molar-refractivity contribution in [3.8, 4) is 27.0 Å². The largest absolute Gasteiger partial charge is 0.477 e. The van der Waals surface area contributed by atoms with Gasteiger partial charge in [0.15, 0.2) is 5.52 Å². The van der Waals surface area contributed by atoms with Gasteiger partial charge in [0.2, 0.25) is 5.88 Å². The highest BCUT2D eigenvalue weighted by Crippen LogP contribution is 2.35. The molecule has 0 unspecified atom stereocenters. The van der Waals surface area contributed by atoms with Gasteiger partial charge < -0.3 is 9.84 Å². The second kappa shape index (κ2) is 7.12. The van der Waals surface area contributed by atoms with Crippen molar-refractivity contribution >= 4 is 28.2 Å².